The Morgan fingerprint density at radius 2 is 2.18 bits per heavy atom. The SMILES string of the molecule is CS(=O)(=O)c1ccc2c(c1)N(C(=O)Cc1cccs1)CCO2. The molecule has 0 aliphatic carbocycles. The summed E-state index contributed by atoms with van der Waals surface area (Å²) in [6.07, 6.45) is 1.45. The zero-order chi connectivity index (χ0) is 15.7. The van der Waals surface area contributed by atoms with Crippen molar-refractivity contribution in [2.24, 2.45) is 0 Å². The van der Waals surface area contributed by atoms with Crippen molar-refractivity contribution in [1.29, 1.82) is 0 Å². The molecule has 0 saturated carbocycles. The number of thiophene rings is 1. The van der Waals surface area contributed by atoms with Crippen molar-refractivity contribution >= 4 is 32.8 Å². The summed E-state index contributed by atoms with van der Waals surface area (Å²) < 4.78 is 28.9. The van der Waals surface area contributed by atoms with Crippen LogP contribution >= 0.6 is 11.3 Å². The second-order valence-electron chi connectivity index (χ2n) is 5.05. The number of sulfone groups is 1. The summed E-state index contributed by atoms with van der Waals surface area (Å²) in [6.45, 7) is 0.825. The monoisotopic (exact) mass is 337 g/mol. The van der Waals surface area contributed by atoms with Gasteiger partial charge in [0.05, 0.1) is 23.5 Å². The maximum atomic E-state index is 12.5. The van der Waals surface area contributed by atoms with E-state index < -0.39 is 9.84 Å². The predicted molar refractivity (Wildman–Crippen MR) is 85.4 cm³/mol. The fourth-order valence-corrected chi connectivity index (χ4v) is 3.68. The van der Waals surface area contributed by atoms with Gasteiger partial charge in [0.25, 0.3) is 0 Å². The van der Waals surface area contributed by atoms with Gasteiger partial charge in [0.2, 0.25) is 5.91 Å². The molecule has 2 aromatic rings. The quantitative estimate of drug-likeness (QED) is 0.861. The normalized spacial score (nSPS) is 14.3. The van der Waals surface area contributed by atoms with Crippen LogP contribution in [0.5, 0.6) is 5.75 Å². The van der Waals surface area contributed by atoms with Crippen molar-refractivity contribution in [1.82, 2.24) is 0 Å². The molecule has 0 N–H and O–H groups in total. The zero-order valence-corrected chi connectivity index (χ0v) is 13.6. The van der Waals surface area contributed by atoms with Crippen molar-refractivity contribution in [2.45, 2.75) is 11.3 Å². The first-order valence-corrected chi connectivity index (χ1v) is 9.52. The van der Waals surface area contributed by atoms with Crippen LogP contribution < -0.4 is 9.64 Å². The highest BCUT2D eigenvalue weighted by molar-refractivity contribution is 7.90. The maximum Gasteiger partial charge on any atom is 0.232 e. The molecular formula is C15H15NO4S2. The number of hydrogen-bond acceptors (Lipinski definition) is 5. The summed E-state index contributed by atoms with van der Waals surface area (Å²) in [5, 5.41) is 1.93. The highest BCUT2D eigenvalue weighted by atomic mass is 32.2. The maximum absolute atomic E-state index is 12.5. The molecule has 0 saturated heterocycles. The van der Waals surface area contributed by atoms with E-state index in [0.29, 0.717) is 31.0 Å². The summed E-state index contributed by atoms with van der Waals surface area (Å²) in [5.41, 5.74) is 0.524. The van der Waals surface area contributed by atoms with Gasteiger partial charge in [-0.05, 0) is 29.6 Å². The number of hydrogen-bond donors (Lipinski definition) is 0. The molecule has 1 aliphatic rings. The molecule has 116 valence electrons. The summed E-state index contributed by atoms with van der Waals surface area (Å²) in [4.78, 5) is 15.3. The molecule has 1 aromatic heterocycles. The molecule has 2 heterocycles. The number of anilines is 1. The third kappa shape index (κ3) is 3.00. The largest absolute Gasteiger partial charge is 0.490 e. The molecule has 22 heavy (non-hydrogen) atoms. The Balaban J connectivity index is 1.94. The molecule has 5 nitrogen and oxygen atoms in total. The molecule has 1 amide bonds. The fraction of sp³-hybridized carbons (Fsp3) is 0.267. The van der Waals surface area contributed by atoms with E-state index in [1.165, 1.54) is 23.5 Å². The standard InChI is InChI=1S/C15H15NO4S2/c1-22(18,19)12-4-5-14-13(10-12)16(6-7-20-14)15(17)9-11-3-2-8-21-11/h2-5,8,10H,6-7,9H2,1H3. The molecule has 0 radical (unpaired) electrons. The first kappa shape index (κ1) is 15.1. The van der Waals surface area contributed by atoms with Crippen LogP contribution in [0.1, 0.15) is 4.88 Å². The van der Waals surface area contributed by atoms with Gasteiger partial charge in [-0.1, -0.05) is 6.07 Å². The average Bonchev–Trinajstić information content (AvgIpc) is 2.98. The molecule has 0 spiro atoms. The van der Waals surface area contributed by atoms with Crippen LogP contribution in [0.3, 0.4) is 0 Å². The molecule has 1 aliphatic heterocycles. The number of fused-ring (bicyclic) bond motifs is 1. The number of benzene rings is 1. The Hall–Kier alpha value is -1.86. The molecule has 1 aromatic carbocycles. The van der Waals surface area contributed by atoms with Gasteiger partial charge in [-0.25, -0.2) is 8.42 Å². The zero-order valence-electron chi connectivity index (χ0n) is 12.0. The van der Waals surface area contributed by atoms with Crippen molar-refractivity contribution < 1.29 is 17.9 Å². The minimum Gasteiger partial charge on any atom is -0.490 e. The van der Waals surface area contributed by atoms with E-state index in [0.717, 1.165) is 11.1 Å². The van der Waals surface area contributed by atoms with Gasteiger partial charge >= 0.3 is 0 Å². The molecular weight excluding hydrogens is 322 g/mol. The van der Waals surface area contributed by atoms with Crippen molar-refractivity contribution in [2.75, 3.05) is 24.3 Å². The highest BCUT2D eigenvalue weighted by Crippen LogP contribution is 2.34. The highest BCUT2D eigenvalue weighted by Gasteiger charge is 2.25. The van der Waals surface area contributed by atoms with Crippen molar-refractivity contribution in [3.05, 3.63) is 40.6 Å². The second-order valence-corrected chi connectivity index (χ2v) is 8.10. The first-order chi connectivity index (χ1) is 10.4. The Kier molecular flexibility index (Phi) is 3.92. The minimum atomic E-state index is -3.33. The van der Waals surface area contributed by atoms with Crippen molar-refractivity contribution in [3.8, 4) is 5.75 Å². The van der Waals surface area contributed by atoms with Gasteiger partial charge in [0, 0.05) is 11.1 Å². The summed E-state index contributed by atoms with van der Waals surface area (Å²) in [7, 11) is -3.33. The third-order valence-corrected chi connectivity index (χ3v) is 5.42. The third-order valence-electron chi connectivity index (χ3n) is 3.43. The number of carbonyl (C=O) groups excluding carboxylic acids is 1. The van der Waals surface area contributed by atoms with Crippen molar-refractivity contribution in [3.63, 3.8) is 0 Å². The second kappa shape index (κ2) is 5.73. The summed E-state index contributed by atoms with van der Waals surface area (Å²) >= 11 is 1.53. The Bertz CT molecular complexity index is 797. The van der Waals surface area contributed by atoms with E-state index in [1.807, 2.05) is 17.5 Å². The molecule has 0 unspecified atom stereocenters. The number of amides is 1. The lowest BCUT2D eigenvalue weighted by atomic mass is 10.2. The number of rotatable bonds is 3. The lowest BCUT2D eigenvalue weighted by Gasteiger charge is -2.29. The Morgan fingerprint density at radius 3 is 2.86 bits per heavy atom. The van der Waals surface area contributed by atoms with Gasteiger partial charge in [-0.15, -0.1) is 11.3 Å². The fourth-order valence-electron chi connectivity index (χ4n) is 2.34. The van der Waals surface area contributed by atoms with Crippen LogP contribution in [-0.4, -0.2) is 33.7 Å². The number of nitrogens with zero attached hydrogens (tertiary/aromatic N) is 1. The van der Waals surface area contributed by atoms with Crippen LogP contribution in [0.15, 0.2) is 40.6 Å². The van der Waals surface area contributed by atoms with Crippen LogP contribution in [0.4, 0.5) is 5.69 Å². The average molecular weight is 337 g/mol. The molecule has 0 atom stereocenters. The Labute approximate surface area is 133 Å². The number of ether oxygens (including phenoxy) is 1. The van der Waals surface area contributed by atoms with Crippen LogP contribution in [0, 0.1) is 0 Å². The predicted octanol–water partition coefficient (Wildman–Crippen LogP) is 2.12. The minimum absolute atomic E-state index is 0.0577. The van der Waals surface area contributed by atoms with E-state index in [2.05, 4.69) is 0 Å². The Morgan fingerprint density at radius 1 is 1.36 bits per heavy atom. The molecule has 0 fully saturated rings. The topological polar surface area (TPSA) is 63.7 Å². The van der Waals surface area contributed by atoms with E-state index >= 15 is 0 Å². The lowest BCUT2D eigenvalue weighted by Crippen LogP contribution is -2.38. The van der Waals surface area contributed by atoms with Crippen LogP contribution in [0.25, 0.3) is 0 Å². The summed E-state index contributed by atoms with van der Waals surface area (Å²) in [6, 6.07) is 8.44. The number of carbonyl (C=O) groups is 1. The van der Waals surface area contributed by atoms with Gasteiger partial charge in [0.1, 0.15) is 12.4 Å². The van der Waals surface area contributed by atoms with E-state index in [4.69, 9.17) is 4.74 Å². The van der Waals surface area contributed by atoms with Gasteiger partial charge in [-0.3, -0.25) is 4.79 Å². The van der Waals surface area contributed by atoms with Gasteiger partial charge < -0.3 is 9.64 Å². The molecule has 0 bridgehead atoms. The smallest absolute Gasteiger partial charge is 0.232 e. The van der Waals surface area contributed by atoms with E-state index in [1.54, 1.807) is 11.0 Å². The van der Waals surface area contributed by atoms with Gasteiger partial charge in [-0.2, -0.15) is 0 Å². The first-order valence-electron chi connectivity index (χ1n) is 6.75. The molecule has 7 heteroatoms. The van der Waals surface area contributed by atoms with Gasteiger partial charge in [0.15, 0.2) is 9.84 Å². The van der Waals surface area contributed by atoms with E-state index in [-0.39, 0.29) is 10.8 Å². The van der Waals surface area contributed by atoms with Crippen LogP contribution in [-0.2, 0) is 21.1 Å². The van der Waals surface area contributed by atoms with Crippen LogP contribution in [0.2, 0.25) is 0 Å². The van der Waals surface area contributed by atoms with E-state index in [9.17, 15) is 13.2 Å². The summed E-state index contributed by atoms with van der Waals surface area (Å²) in [5.74, 6) is 0.482. The molecule has 3 rings (SSSR count). The lowest BCUT2D eigenvalue weighted by molar-refractivity contribution is -0.118.